The number of nitrogens with zero attached hydrogens (tertiary/aromatic N) is 2. The van der Waals surface area contributed by atoms with E-state index in [2.05, 4.69) is 10.1 Å². The number of nitrogens with one attached hydrogen (secondary N) is 1. The number of hydrogen-bond acceptors (Lipinski definition) is 2. The fourth-order valence-corrected chi connectivity index (χ4v) is 1.01. The number of nitrogens with two attached hydrogens (primary N) is 1. The lowest BCUT2D eigenvalue weighted by atomic mass is 10.3. The van der Waals surface area contributed by atoms with Crippen molar-refractivity contribution in [1.29, 1.82) is 0 Å². The zero-order valence-electron chi connectivity index (χ0n) is 5.41. The Morgan fingerprint density at radius 2 is 2.60 bits per heavy atom. The Morgan fingerprint density at radius 3 is 3.40 bits per heavy atom. The number of fused-ring (bicyclic) bond motifs is 1. The van der Waals surface area contributed by atoms with Gasteiger partial charge in [0.05, 0.1) is 0 Å². The third-order valence-electron chi connectivity index (χ3n) is 1.53. The van der Waals surface area contributed by atoms with E-state index in [1.807, 2.05) is 16.9 Å². The van der Waals surface area contributed by atoms with E-state index < -0.39 is 0 Å². The molecular formula is C6H8N4. The molecule has 3 N–H and O–H groups in total. The van der Waals surface area contributed by atoms with Crippen molar-refractivity contribution in [3.63, 3.8) is 0 Å². The minimum Gasteiger partial charge on any atom is -0.326 e. The number of aromatic amines is 1. The fourth-order valence-electron chi connectivity index (χ4n) is 1.01. The van der Waals surface area contributed by atoms with E-state index >= 15 is 0 Å². The lowest BCUT2D eigenvalue weighted by Crippen LogP contribution is -1.94. The van der Waals surface area contributed by atoms with Crippen molar-refractivity contribution >= 4 is 5.65 Å². The number of aromatic nitrogens is 3. The van der Waals surface area contributed by atoms with Gasteiger partial charge in [-0.1, -0.05) is 0 Å². The van der Waals surface area contributed by atoms with Gasteiger partial charge in [-0.3, -0.25) is 5.10 Å². The van der Waals surface area contributed by atoms with E-state index in [0.29, 0.717) is 6.54 Å². The molecule has 0 aromatic carbocycles. The standard InChI is InChI=1S/C6H8N4/c7-3-5-4-9-10-2-1-8-6(5)10/h1-2,4,9H,3,7H2. The quantitative estimate of drug-likeness (QED) is 0.585. The smallest absolute Gasteiger partial charge is 0.157 e. The number of hydrogen-bond donors (Lipinski definition) is 2. The molecule has 4 heteroatoms. The molecule has 2 aromatic rings. The molecule has 52 valence electrons. The highest BCUT2D eigenvalue weighted by molar-refractivity contribution is 5.45. The second kappa shape index (κ2) is 1.85. The van der Waals surface area contributed by atoms with Gasteiger partial charge in [-0.05, 0) is 0 Å². The summed E-state index contributed by atoms with van der Waals surface area (Å²) in [7, 11) is 0. The second-order valence-corrected chi connectivity index (χ2v) is 2.12. The van der Waals surface area contributed by atoms with Gasteiger partial charge in [0.15, 0.2) is 5.65 Å². The van der Waals surface area contributed by atoms with Crippen LogP contribution >= 0.6 is 0 Å². The third kappa shape index (κ3) is 0.563. The van der Waals surface area contributed by atoms with Gasteiger partial charge in [0.25, 0.3) is 0 Å². The lowest BCUT2D eigenvalue weighted by molar-refractivity contribution is 0.973. The van der Waals surface area contributed by atoms with E-state index in [9.17, 15) is 0 Å². The Labute approximate surface area is 57.7 Å². The van der Waals surface area contributed by atoms with Gasteiger partial charge in [0.2, 0.25) is 0 Å². The van der Waals surface area contributed by atoms with Crippen molar-refractivity contribution in [2.24, 2.45) is 5.73 Å². The molecule has 2 heterocycles. The molecule has 0 saturated heterocycles. The van der Waals surface area contributed by atoms with Gasteiger partial charge in [-0.2, -0.15) is 0 Å². The summed E-state index contributed by atoms with van der Waals surface area (Å²) in [6.07, 6.45) is 5.46. The zero-order chi connectivity index (χ0) is 6.97. The van der Waals surface area contributed by atoms with Gasteiger partial charge >= 0.3 is 0 Å². The van der Waals surface area contributed by atoms with Crippen molar-refractivity contribution in [1.82, 2.24) is 14.6 Å². The maximum Gasteiger partial charge on any atom is 0.157 e. The van der Waals surface area contributed by atoms with Crippen LogP contribution in [-0.2, 0) is 6.54 Å². The van der Waals surface area contributed by atoms with Crippen LogP contribution in [0.5, 0.6) is 0 Å². The van der Waals surface area contributed by atoms with Crippen molar-refractivity contribution in [2.75, 3.05) is 0 Å². The second-order valence-electron chi connectivity index (χ2n) is 2.12. The van der Waals surface area contributed by atoms with Crippen LogP contribution in [0, 0.1) is 0 Å². The Morgan fingerprint density at radius 1 is 1.70 bits per heavy atom. The summed E-state index contributed by atoms with van der Waals surface area (Å²) in [4.78, 5) is 4.10. The molecule has 0 fully saturated rings. The predicted molar refractivity (Wildman–Crippen MR) is 37.4 cm³/mol. The van der Waals surface area contributed by atoms with Gasteiger partial charge in [0, 0.05) is 30.7 Å². The fraction of sp³-hybridized carbons (Fsp3) is 0.167. The molecule has 0 amide bonds. The molecule has 0 aliphatic heterocycles. The molecule has 0 atom stereocenters. The average Bonchev–Trinajstić information content (AvgIpc) is 2.44. The number of imidazole rings is 1. The Kier molecular flexibility index (Phi) is 1.01. The summed E-state index contributed by atoms with van der Waals surface area (Å²) in [5.74, 6) is 0. The number of H-pyrrole nitrogens is 1. The first kappa shape index (κ1) is 5.49. The highest BCUT2D eigenvalue weighted by atomic mass is 15.2. The van der Waals surface area contributed by atoms with Crippen LogP contribution < -0.4 is 5.73 Å². The molecule has 0 aliphatic carbocycles. The Hall–Kier alpha value is -1.29. The van der Waals surface area contributed by atoms with Crippen LogP contribution in [0.1, 0.15) is 5.56 Å². The molecule has 2 rings (SSSR count). The van der Waals surface area contributed by atoms with Crippen molar-refractivity contribution in [3.05, 3.63) is 24.2 Å². The van der Waals surface area contributed by atoms with E-state index in [0.717, 1.165) is 11.2 Å². The largest absolute Gasteiger partial charge is 0.326 e. The zero-order valence-corrected chi connectivity index (χ0v) is 5.41. The SMILES string of the molecule is NCc1c[nH]n2ccnc12. The molecule has 2 aromatic heterocycles. The van der Waals surface area contributed by atoms with E-state index in [1.165, 1.54) is 0 Å². The van der Waals surface area contributed by atoms with Crippen molar-refractivity contribution in [2.45, 2.75) is 6.54 Å². The van der Waals surface area contributed by atoms with Crippen LogP contribution in [-0.4, -0.2) is 14.6 Å². The molecule has 0 radical (unpaired) electrons. The molecule has 0 aliphatic rings. The van der Waals surface area contributed by atoms with Crippen molar-refractivity contribution < 1.29 is 0 Å². The molecule has 0 saturated carbocycles. The minimum atomic E-state index is 0.532. The molecule has 0 bridgehead atoms. The monoisotopic (exact) mass is 136 g/mol. The molecule has 0 spiro atoms. The van der Waals surface area contributed by atoms with Crippen LogP contribution in [0.2, 0.25) is 0 Å². The Balaban J connectivity index is 2.76. The summed E-state index contributed by atoms with van der Waals surface area (Å²) < 4.78 is 1.84. The maximum atomic E-state index is 5.45. The van der Waals surface area contributed by atoms with Gasteiger partial charge in [0.1, 0.15) is 0 Å². The topological polar surface area (TPSA) is 59.1 Å². The molecule has 10 heavy (non-hydrogen) atoms. The first-order valence-electron chi connectivity index (χ1n) is 3.11. The minimum absolute atomic E-state index is 0.532. The molecular weight excluding hydrogens is 128 g/mol. The summed E-state index contributed by atoms with van der Waals surface area (Å²) in [5, 5.41) is 2.99. The maximum absolute atomic E-state index is 5.45. The Bertz CT molecular complexity index is 332. The van der Waals surface area contributed by atoms with E-state index in [1.54, 1.807) is 6.20 Å². The van der Waals surface area contributed by atoms with E-state index in [-0.39, 0.29) is 0 Å². The summed E-state index contributed by atoms with van der Waals surface area (Å²) >= 11 is 0. The van der Waals surface area contributed by atoms with Gasteiger partial charge in [-0.25, -0.2) is 9.50 Å². The third-order valence-corrected chi connectivity index (χ3v) is 1.53. The highest BCUT2D eigenvalue weighted by Gasteiger charge is 1.99. The lowest BCUT2D eigenvalue weighted by Gasteiger charge is -1.83. The number of rotatable bonds is 1. The first-order chi connectivity index (χ1) is 4.92. The highest BCUT2D eigenvalue weighted by Crippen LogP contribution is 2.05. The first-order valence-corrected chi connectivity index (χ1v) is 3.11. The summed E-state index contributed by atoms with van der Waals surface area (Å²) in [5.41, 5.74) is 7.41. The summed E-state index contributed by atoms with van der Waals surface area (Å²) in [6.45, 7) is 0.532. The van der Waals surface area contributed by atoms with E-state index in [4.69, 9.17) is 5.73 Å². The molecule has 4 nitrogen and oxygen atoms in total. The average molecular weight is 136 g/mol. The summed E-state index contributed by atoms with van der Waals surface area (Å²) in [6, 6.07) is 0. The van der Waals surface area contributed by atoms with Crippen LogP contribution in [0.3, 0.4) is 0 Å². The van der Waals surface area contributed by atoms with Crippen LogP contribution in [0.4, 0.5) is 0 Å². The van der Waals surface area contributed by atoms with Gasteiger partial charge < -0.3 is 5.73 Å². The predicted octanol–water partition coefficient (Wildman–Crippen LogP) is 0.121. The normalized spacial score (nSPS) is 10.9. The van der Waals surface area contributed by atoms with Crippen LogP contribution in [0.25, 0.3) is 5.65 Å². The van der Waals surface area contributed by atoms with Crippen molar-refractivity contribution in [3.8, 4) is 0 Å². The molecule has 0 unspecified atom stereocenters. The van der Waals surface area contributed by atoms with Crippen LogP contribution in [0.15, 0.2) is 18.6 Å². The van der Waals surface area contributed by atoms with Gasteiger partial charge in [-0.15, -0.1) is 0 Å².